The standard InChI is InChI=1S/C25H35NO/c1-3-5-9-18-26-19-10-11-23(20-26)25(27-24-12-7-6-8-13-24)22-16-14-21(4-2)15-17-22/h6-8,12-17,23,25H,3-5,9-11,18-20H2,1-2H3. The van der Waals surface area contributed by atoms with Crippen LogP contribution in [0.4, 0.5) is 0 Å². The van der Waals surface area contributed by atoms with Crippen LogP contribution in [0.1, 0.15) is 63.2 Å². The monoisotopic (exact) mass is 365 g/mol. The van der Waals surface area contributed by atoms with Gasteiger partial charge in [-0.25, -0.2) is 0 Å². The number of unbranched alkanes of at least 4 members (excludes halogenated alkanes) is 2. The fourth-order valence-electron chi connectivity index (χ4n) is 4.15. The number of para-hydroxylation sites is 1. The van der Waals surface area contributed by atoms with Crippen LogP contribution in [0.25, 0.3) is 0 Å². The number of piperidine rings is 1. The van der Waals surface area contributed by atoms with Gasteiger partial charge in [0.2, 0.25) is 0 Å². The third-order valence-electron chi connectivity index (χ3n) is 5.77. The Balaban J connectivity index is 1.75. The molecule has 2 unspecified atom stereocenters. The van der Waals surface area contributed by atoms with Crippen molar-refractivity contribution in [3.63, 3.8) is 0 Å². The molecule has 0 saturated carbocycles. The zero-order valence-corrected chi connectivity index (χ0v) is 17.1. The van der Waals surface area contributed by atoms with Gasteiger partial charge in [0.25, 0.3) is 0 Å². The number of hydrogen-bond donors (Lipinski definition) is 0. The first-order chi connectivity index (χ1) is 13.3. The van der Waals surface area contributed by atoms with E-state index in [1.54, 1.807) is 0 Å². The topological polar surface area (TPSA) is 12.5 Å². The fraction of sp³-hybridized carbons (Fsp3) is 0.520. The van der Waals surface area contributed by atoms with E-state index in [1.807, 2.05) is 6.07 Å². The van der Waals surface area contributed by atoms with E-state index < -0.39 is 0 Å². The number of aryl methyl sites for hydroxylation is 1. The average molecular weight is 366 g/mol. The number of nitrogens with zero attached hydrogens (tertiary/aromatic N) is 1. The van der Waals surface area contributed by atoms with Crippen LogP contribution < -0.4 is 4.74 Å². The maximum absolute atomic E-state index is 6.56. The summed E-state index contributed by atoms with van der Waals surface area (Å²) < 4.78 is 6.56. The Labute approximate surface area is 165 Å². The molecule has 1 aliphatic heterocycles. The minimum absolute atomic E-state index is 0.132. The summed E-state index contributed by atoms with van der Waals surface area (Å²) in [5, 5.41) is 0. The second kappa shape index (κ2) is 10.5. The van der Waals surface area contributed by atoms with Crippen LogP contribution in [0.5, 0.6) is 5.75 Å². The van der Waals surface area contributed by atoms with Crippen molar-refractivity contribution in [1.82, 2.24) is 4.90 Å². The molecule has 0 aromatic heterocycles. The normalized spacial score (nSPS) is 19.0. The Morgan fingerprint density at radius 3 is 2.48 bits per heavy atom. The molecular formula is C25H35NO. The first kappa shape index (κ1) is 19.9. The molecule has 2 heteroatoms. The summed E-state index contributed by atoms with van der Waals surface area (Å²) in [7, 11) is 0. The third-order valence-corrected chi connectivity index (χ3v) is 5.77. The number of hydrogen-bond acceptors (Lipinski definition) is 2. The quantitative estimate of drug-likeness (QED) is 0.485. The lowest BCUT2D eigenvalue weighted by Crippen LogP contribution is -2.39. The summed E-state index contributed by atoms with van der Waals surface area (Å²) in [6.45, 7) is 8.12. The van der Waals surface area contributed by atoms with Crippen molar-refractivity contribution >= 4 is 0 Å². The number of benzene rings is 2. The van der Waals surface area contributed by atoms with Gasteiger partial charge in [-0.05, 0) is 62.0 Å². The summed E-state index contributed by atoms with van der Waals surface area (Å²) in [6.07, 6.45) is 7.69. The molecule has 0 aliphatic carbocycles. The lowest BCUT2D eigenvalue weighted by atomic mass is 9.87. The van der Waals surface area contributed by atoms with Gasteiger partial charge in [-0.15, -0.1) is 0 Å². The molecule has 146 valence electrons. The summed E-state index contributed by atoms with van der Waals surface area (Å²) in [6, 6.07) is 19.4. The number of ether oxygens (including phenoxy) is 1. The summed E-state index contributed by atoms with van der Waals surface area (Å²) in [4.78, 5) is 2.66. The van der Waals surface area contributed by atoms with E-state index in [1.165, 1.54) is 56.3 Å². The maximum Gasteiger partial charge on any atom is 0.128 e. The first-order valence-corrected chi connectivity index (χ1v) is 10.8. The lowest BCUT2D eigenvalue weighted by molar-refractivity contribution is 0.0664. The van der Waals surface area contributed by atoms with Crippen molar-refractivity contribution in [2.45, 2.75) is 58.5 Å². The number of rotatable bonds is 9. The van der Waals surface area contributed by atoms with Crippen LogP contribution in [0.15, 0.2) is 54.6 Å². The molecule has 3 rings (SSSR count). The highest BCUT2D eigenvalue weighted by Gasteiger charge is 2.30. The largest absolute Gasteiger partial charge is 0.485 e. The van der Waals surface area contributed by atoms with Crippen LogP contribution in [0.2, 0.25) is 0 Å². The Bertz CT molecular complexity index is 652. The number of likely N-dealkylation sites (tertiary alicyclic amines) is 1. The highest BCUT2D eigenvalue weighted by atomic mass is 16.5. The Hall–Kier alpha value is -1.80. The molecule has 0 amide bonds. The van der Waals surface area contributed by atoms with Gasteiger partial charge in [0, 0.05) is 12.5 Å². The fourth-order valence-corrected chi connectivity index (χ4v) is 4.15. The van der Waals surface area contributed by atoms with E-state index in [0.29, 0.717) is 5.92 Å². The molecule has 1 fully saturated rings. The van der Waals surface area contributed by atoms with Gasteiger partial charge in [0.05, 0.1) is 0 Å². The van der Waals surface area contributed by atoms with E-state index in [0.717, 1.165) is 18.7 Å². The molecule has 2 aromatic carbocycles. The van der Waals surface area contributed by atoms with Gasteiger partial charge in [0.1, 0.15) is 11.9 Å². The average Bonchev–Trinajstić information content (AvgIpc) is 2.73. The predicted molar refractivity (Wildman–Crippen MR) is 114 cm³/mol. The molecule has 2 aromatic rings. The third kappa shape index (κ3) is 5.84. The molecule has 27 heavy (non-hydrogen) atoms. The molecule has 0 spiro atoms. The van der Waals surface area contributed by atoms with Crippen molar-refractivity contribution in [3.05, 3.63) is 65.7 Å². The van der Waals surface area contributed by atoms with Gasteiger partial charge >= 0.3 is 0 Å². The highest BCUT2D eigenvalue weighted by Crippen LogP contribution is 2.34. The van der Waals surface area contributed by atoms with Gasteiger partial charge in [0.15, 0.2) is 0 Å². The van der Waals surface area contributed by atoms with Crippen LogP contribution in [0, 0.1) is 5.92 Å². The van der Waals surface area contributed by atoms with Crippen LogP contribution in [-0.2, 0) is 6.42 Å². The van der Waals surface area contributed by atoms with Crippen LogP contribution >= 0.6 is 0 Å². The van der Waals surface area contributed by atoms with Gasteiger partial charge in [-0.1, -0.05) is 69.2 Å². The van der Waals surface area contributed by atoms with E-state index in [2.05, 4.69) is 67.3 Å². The van der Waals surface area contributed by atoms with Crippen LogP contribution in [-0.4, -0.2) is 24.5 Å². The van der Waals surface area contributed by atoms with Crippen molar-refractivity contribution in [2.24, 2.45) is 5.92 Å². The first-order valence-electron chi connectivity index (χ1n) is 10.8. The molecule has 1 aliphatic rings. The lowest BCUT2D eigenvalue weighted by Gasteiger charge is -2.37. The van der Waals surface area contributed by atoms with Crippen molar-refractivity contribution < 1.29 is 4.74 Å². The molecule has 1 saturated heterocycles. The molecule has 0 bridgehead atoms. The van der Waals surface area contributed by atoms with Gasteiger partial charge < -0.3 is 9.64 Å². The molecular weight excluding hydrogens is 330 g/mol. The van der Waals surface area contributed by atoms with Gasteiger partial charge in [-0.3, -0.25) is 0 Å². The molecule has 2 atom stereocenters. The minimum Gasteiger partial charge on any atom is -0.485 e. The van der Waals surface area contributed by atoms with Gasteiger partial charge in [-0.2, -0.15) is 0 Å². The second-order valence-electron chi connectivity index (χ2n) is 7.86. The molecule has 1 heterocycles. The SMILES string of the molecule is CCCCCN1CCCC(C(Oc2ccccc2)c2ccc(CC)cc2)C1. The van der Waals surface area contributed by atoms with Crippen molar-refractivity contribution in [2.75, 3.05) is 19.6 Å². The summed E-state index contributed by atoms with van der Waals surface area (Å²) in [5.74, 6) is 1.53. The second-order valence-corrected chi connectivity index (χ2v) is 7.86. The molecule has 2 nitrogen and oxygen atoms in total. The van der Waals surface area contributed by atoms with E-state index in [9.17, 15) is 0 Å². The summed E-state index contributed by atoms with van der Waals surface area (Å²) >= 11 is 0. The summed E-state index contributed by atoms with van der Waals surface area (Å²) in [5.41, 5.74) is 2.71. The zero-order chi connectivity index (χ0) is 18.9. The Morgan fingerprint density at radius 2 is 1.78 bits per heavy atom. The maximum atomic E-state index is 6.56. The van der Waals surface area contributed by atoms with E-state index >= 15 is 0 Å². The zero-order valence-electron chi connectivity index (χ0n) is 17.1. The molecule has 0 N–H and O–H groups in total. The van der Waals surface area contributed by atoms with E-state index in [-0.39, 0.29) is 6.10 Å². The van der Waals surface area contributed by atoms with E-state index in [4.69, 9.17) is 4.74 Å². The highest BCUT2D eigenvalue weighted by molar-refractivity contribution is 5.28. The van der Waals surface area contributed by atoms with Crippen molar-refractivity contribution in [1.29, 1.82) is 0 Å². The Kier molecular flexibility index (Phi) is 7.77. The predicted octanol–water partition coefficient (Wildman–Crippen LogP) is 6.27. The minimum atomic E-state index is 0.132. The van der Waals surface area contributed by atoms with Crippen LogP contribution in [0.3, 0.4) is 0 Å². The molecule has 0 radical (unpaired) electrons. The van der Waals surface area contributed by atoms with Crippen molar-refractivity contribution in [3.8, 4) is 5.75 Å². The Morgan fingerprint density at radius 1 is 1.00 bits per heavy atom. The smallest absolute Gasteiger partial charge is 0.128 e.